The lowest BCUT2D eigenvalue weighted by Crippen LogP contribution is -2.47. The molecule has 1 N–H and O–H groups in total. The number of hydrogen-bond donors (Lipinski definition) is 1. The van der Waals surface area contributed by atoms with Crippen LogP contribution in [0.5, 0.6) is 0 Å². The summed E-state index contributed by atoms with van der Waals surface area (Å²) < 4.78 is 24.6. The number of sulfonamides is 1. The molecule has 110 valence electrons. The molecule has 0 saturated heterocycles. The summed E-state index contributed by atoms with van der Waals surface area (Å²) in [5.41, 5.74) is -0.256. The van der Waals surface area contributed by atoms with E-state index in [1.54, 1.807) is 7.05 Å². The molecule has 4 nitrogen and oxygen atoms in total. The van der Waals surface area contributed by atoms with Gasteiger partial charge in [0.2, 0.25) is 10.0 Å². The van der Waals surface area contributed by atoms with Crippen molar-refractivity contribution < 1.29 is 8.42 Å². The Morgan fingerprint density at radius 1 is 1.17 bits per heavy atom. The molecule has 0 spiro atoms. The molecule has 0 radical (unpaired) electrons. The summed E-state index contributed by atoms with van der Waals surface area (Å²) in [4.78, 5) is 0. The molecule has 0 amide bonds. The Hall–Kier alpha value is -0.130. The van der Waals surface area contributed by atoms with Crippen LogP contribution in [0, 0.1) is 5.92 Å². The van der Waals surface area contributed by atoms with Gasteiger partial charge in [-0.15, -0.1) is 0 Å². The highest BCUT2D eigenvalue weighted by atomic mass is 32.2. The molecule has 0 rings (SSSR count). The Labute approximate surface area is 113 Å². The van der Waals surface area contributed by atoms with Crippen LogP contribution in [0.4, 0.5) is 0 Å². The zero-order valence-electron chi connectivity index (χ0n) is 13.2. The van der Waals surface area contributed by atoms with Crippen molar-refractivity contribution in [1.82, 2.24) is 9.62 Å². The summed E-state index contributed by atoms with van der Waals surface area (Å²) in [6, 6.07) is 0. The van der Waals surface area contributed by atoms with Crippen molar-refractivity contribution in [3.8, 4) is 0 Å². The highest BCUT2D eigenvalue weighted by molar-refractivity contribution is 7.88. The van der Waals surface area contributed by atoms with Crippen LogP contribution in [0.15, 0.2) is 0 Å². The van der Waals surface area contributed by atoms with Crippen molar-refractivity contribution in [3.05, 3.63) is 0 Å². The fraction of sp³-hybridized carbons (Fsp3) is 1.00. The summed E-state index contributed by atoms with van der Waals surface area (Å²) in [5.74, 6) is 0.420. The summed E-state index contributed by atoms with van der Waals surface area (Å²) >= 11 is 0. The number of hydrogen-bond acceptors (Lipinski definition) is 3. The highest BCUT2D eigenvalue weighted by Gasteiger charge is 2.31. The third-order valence-corrected chi connectivity index (χ3v) is 4.67. The predicted molar refractivity (Wildman–Crippen MR) is 78.2 cm³/mol. The molecule has 0 aliphatic carbocycles. The summed E-state index contributed by atoms with van der Waals surface area (Å²) in [5, 5.41) is 3.45. The lowest BCUT2D eigenvalue weighted by Gasteiger charge is -2.36. The van der Waals surface area contributed by atoms with Crippen LogP contribution in [0.2, 0.25) is 0 Å². The first-order valence-electron chi connectivity index (χ1n) is 6.45. The normalized spacial score (nSPS) is 16.1. The maximum atomic E-state index is 11.6. The molecule has 1 unspecified atom stereocenters. The van der Waals surface area contributed by atoms with E-state index in [4.69, 9.17) is 0 Å². The smallest absolute Gasteiger partial charge is 0.211 e. The molecule has 0 aromatic heterocycles. The van der Waals surface area contributed by atoms with E-state index in [-0.39, 0.29) is 11.1 Å². The van der Waals surface area contributed by atoms with E-state index in [0.717, 1.165) is 13.0 Å². The Morgan fingerprint density at radius 3 is 1.94 bits per heavy atom. The van der Waals surface area contributed by atoms with Crippen LogP contribution in [0.3, 0.4) is 0 Å². The second-order valence-corrected chi connectivity index (χ2v) is 9.00. The average molecular weight is 278 g/mol. The molecule has 0 aromatic carbocycles. The topological polar surface area (TPSA) is 49.4 Å². The molecule has 0 heterocycles. The third kappa shape index (κ3) is 6.71. The van der Waals surface area contributed by atoms with Gasteiger partial charge in [0.15, 0.2) is 0 Å². The van der Waals surface area contributed by atoms with Gasteiger partial charge >= 0.3 is 0 Å². The monoisotopic (exact) mass is 278 g/mol. The maximum absolute atomic E-state index is 11.6. The lowest BCUT2D eigenvalue weighted by molar-refractivity contribution is 0.210. The molecule has 0 aliphatic heterocycles. The van der Waals surface area contributed by atoms with Crippen molar-refractivity contribution in [2.45, 2.75) is 59.0 Å². The average Bonchev–Trinajstić information content (AvgIpc) is 2.10. The fourth-order valence-electron chi connectivity index (χ4n) is 1.98. The highest BCUT2D eigenvalue weighted by Crippen LogP contribution is 2.24. The van der Waals surface area contributed by atoms with Crippen LogP contribution >= 0.6 is 0 Å². The van der Waals surface area contributed by atoms with Gasteiger partial charge in [-0.25, -0.2) is 8.42 Å². The quantitative estimate of drug-likeness (QED) is 0.809. The first-order valence-corrected chi connectivity index (χ1v) is 8.29. The van der Waals surface area contributed by atoms with E-state index in [2.05, 4.69) is 33.0 Å². The van der Waals surface area contributed by atoms with Gasteiger partial charge in [-0.1, -0.05) is 6.92 Å². The molecular weight excluding hydrogens is 248 g/mol. The number of nitrogens with one attached hydrogen (secondary N) is 1. The first kappa shape index (κ1) is 17.9. The maximum Gasteiger partial charge on any atom is 0.211 e. The van der Waals surface area contributed by atoms with Gasteiger partial charge in [-0.05, 0) is 53.5 Å². The summed E-state index contributed by atoms with van der Waals surface area (Å²) in [7, 11) is -1.48. The molecule has 1 atom stereocenters. The van der Waals surface area contributed by atoms with Crippen LogP contribution in [0.25, 0.3) is 0 Å². The van der Waals surface area contributed by atoms with Gasteiger partial charge in [-0.3, -0.25) is 0 Å². The largest absolute Gasteiger partial charge is 0.312 e. The first-order chi connectivity index (χ1) is 7.76. The summed E-state index contributed by atoms with van der Waals surface area (Å²) in [6.45, 7) is 13.4. The van der Waals surface area contributed by atoms with Crippen molar-refractivity contribution in [2.75, 3.05) is 19.8 Å². The molecule has 0 aliphatic rings. The second-order valence-electron chi connectivity index (χ2n) is 6.98. The van der Waals surface area contributed by atoms with Gasteiger partial charge in [0.1, 0.15) is 0 Å². The van der Waals surface area contributed by atoms with Crippen LogP contribution in [0.1, 0.15) is 48.0 Å². The van der Waals surface area contributed by atoms with Crippen LogP contribution in [-0.4, -0.2) is 43.6 Å². The van der Waals surface area contributed by atoms with Crippen molar-refractivity contribution >= 4 is 10.0 Å². The van der Waals surface area contributed by atoms with E-state index in [1.165, 1.54) is 10.6 Å². The number of rotatable bonds is 6. The minimum atomic E-state index is -3.14. The van der Waals surface area contributed by atoms with Gasteiger partial charge in [-0.2, -0.15) is 4.31 Å². The minimum Gasteiger partial charge on any atom is -0.312 e. The predicted octanol–water partition coefficient (Wildman–Crippen LogP) is 2.07. The van der Waals surface area contributed by atoms with Crippen LogP contribution < -0.4 is 5.32 Å². The standard InChI is InChI=1S/C13H30N2O2S/c1-11(10-14-12(2,3)4)9-13(5,6)15(7)18(8,16)17/h11,14H,9-10H2,1-8H3. The fourth-order valence-corrected chi connectivity index (χ4v) is 2.96. The third-order valence-electron chi connectivity index (χ3n) is 3.18. The molecule has 18 heavy (non-hydrogen) atoms. The van der Waals surface area contributed by atoms with Gasteiger partial charge in [0.25, 0.3) is 0 Å². The Bertz CT molecular complexity index is 356. The molecule has 5 heteroatoms. The zero-order chi connectivity index (χ0) is 14.8. The molecule has 0 fully saturated rings. The summed E-state index contributed by atoms with van der Waals surface area (Å²) in [6.07, 6.45) is 2.09. The SMILES string of the molecule is CC(CNC(C)(C)C)CC(C)(C)N(C)S(C)(=O)=O. The zero-order valence-corrected chi connectivity index (χ0v) is 14.0. The number of nitrogens with zero attached hydrogens (tertiary/aromatic N) is 1. The van der Waals surface area contributed by atoms with E-state index >= 15 is 0 Å². The van der Waals surface area contributed by atoms with Gasteiger partial charge < -0.3 is 5.32 Å². The van der Waals surface area contributed by atoms with E-state index in [9.17, 15) is 8.42 Å². The van der Waals surface area contributed by atoms with E-state index in [1.807, 2.05) is 13.8 Å². The van der Waals surface area contributed by atoms with Gasteiger partial charge in [0, 0.05) is 18.1 Å². The Balaban J connectivity index is 4.50. The van der Waals surface area contributed by atoms with Crippen LogP contribution in [-0.2, 0) is 10.0 Å². The van der Waals surface area contributed by atoms with Gasteiger partial charge in [0.05, 0.1) is 6.26 Å². The Kier molecular flexibility index (Phi) is 5.84. The molecule has 0 bridgehead atoms. The second kappa shape index (κ2) is 5.88. The van der Waals surface area contributed by atoms with E-state index < -0.39 is 10.0 Å². The molecular formula is C13H30N2O2S. The van der Waals surface area contributed by atoms with E-state index in [0.29, 0.717) is 5.92 Å². The van der Waals surface area contributed by atoms with Crippen molar-refractivity contribution in [2.24, 2.45) is 5.92 Å². The molecule has 0 saturated carbocycles. The minimum absolute atomic E-state index is 0.0984. The Morgan fingerprint density at radius 2 is 1.61 bits per heavy atom. The molecule has 0 aromatic rings. The van der Waals surface area contributed by atoms with Crippen molar-refractivity contribution in [3.63, 3.8) is 0 Å². The van der Waals surface area contributed by atoms with Crippen molar-refractivity contribution in [1.29, 1.82) is 0 Å². The lowest BCUT2D eigenvalue weighted by atomic mass is 9.91.